The number of nitrogens with two attached hydrogens (primary N) is 1. The zero-order valence-corrected chi connectivity index (χ0v) is 7.55. The number of primary amides is 1. The van der Waals surface area contributed by atoms with Crippen molar-refractivity contribution in [1.29, 1.82) is 0 Å². The molecule has 0 spiro atoms. The molecule has 1 atom stereocenters. The lowest BCUT2D eigenvalue weighted by molar-refractivity contribution is 0.245. The minimum atomic E-state index is -0.429. The van der Waals surface area contributed by atoms with Crippen LogP contribution < -0.4 is 11.1 Å². The number of carbonyl (C=O) groups is 1. The van der Waals surface area contributed by atoms with E-state index in [4.69, 9.17) is 5.73 Å². The molecule has 11 heavy (non-hydrogen) atoms. The number of rotatable bonds is 4. The van der Waals surface area contributed by atoms with Crippen molar-refractivity contribution in [3.05, 3.63) is 0 Å². The van der Waals surface area contributed by atoms with E-state index in [0.717, 1.165) is 12.8 Å². The molecule has 0 bridgehead atoms. The molecule has 0 rings (SSSR count). The maximum Gasteiger partial charge on any atom is 0.312 e. The van der Waals surface area contributed by atoms with E-state index in [1.165, 1.54) is 0 Å². The average molecular weight is 158 g/mol. The van der Waals surface area contributed by atoms with Crippen LogP contribution >= 0.6 is 0 Å². The molecule has 3 heteroatoms. The normalized spacial score (nSPS) is 13.1. The molecule has 1 unspecified atom stereocenters. The number of urea groups is 1. The van der Waals surface area contributed by atoms with Crippen LogP contribution in [-0.2, 0) is 0 Å². The van der Waals surface area contributed by atoms with E-state index < -0.39 is 6.03 Å². The first-order valence-electron chi connectivity index (χ1n) is 4.08. The SMILES string of the molecule is CC(C)CCC(C)NC(N)=O. The average Bonchev–Trinajstić information content (AvgIpc) is 1.82. The van der Waals surface area contributed by atoms with E-state index in [2.05, 4.69) is 19.2 Å². The summed E-state index contributed by atoms with van der Waals surface area (Å²) in [4.78, 5) is 10.4. The van der Waals surface area contributed by atoms with Crippen molar-refractivity contribution in [2.45, 2.75) is 39.7 Å². The lowest BCUT2D eigenvalue weighted by Crippen LogP contribution is -2.36. The predicted octanol–water partition coefficient (Wildman–Crippen LogP) is 1.48. The first kappa shape index (κ1) is 10.3. The molecule has 2 amide bonds. The summed E-state index contributed by atoms with van der Waals surface area (Å²) < 4.78 is 0. The largest absolute Gasteiger partial charge is 0.352 e. The van der Waals surface area contributed by atoms with E-state index in [1.54, 1.807) is 0 Å². The number of amides is 2. The van der Waals surface area contributed by atoms with Crippen molar-refractivity contribution >= 4 is 6.03 Å². The summed E-state index contributed by atoms with van der Waals surface area (Å²) in [5, 5.41) is 2.64. The van der Waals surface area contributed by atoms with Crippen LogP contribution in [-0.4, -0.2) is 12.1 Å². The van der Waals surface area contributed by atoms with Crippen molar-refractivity contribution in [2.75, 3.05) is 0 Å². The van der Waals surface area contributed by atoms with Crippen LogP contribution in [0.1, 0.15) is 33.6 Å². The lowest BCUT2D eigenvalue weighted by Gasteiger charge is -2.12. The van der Waals surface area contributed by atoms with Gasteiger partial charge in [-0.25, -0.2) is 4.79 Å². The fourth-order valence-corrected chi connectivity index (χ4v) is 0.898. The maximum atomic E-state index is 10.4. The van der Waals surface area contributed by atoms with Gasteiger partial charge in [0.1, 0.15) is 0 Å². The second-order valence-corrected chi connectivity index (χ2v) is 3.38. The van der Waals surface area contributed by atoms with Crippen molar-refractivity contribution in [3.8, 4) is 0 Å². The van der Waals surface area contributed by atoms with E-state index in [0.29, 0.717) is 5.92 Å². The second kappa shape index (κ2) is 4.99. The van der Waals surface area contributed by atoms with E-state index in [9.17, 15) is 4.79 Å². The van der Waals surface area contributed by atoms with Gasteiger partial charge in [0.2, 0.25) is 0 Å². The molecular weight excluding hydrogens is 140 g/mol. The second-order valence-electron chi connectivity index (χ2n) is 3.38. The molecule has 3 nitrogen and oxygen atoms in total. The predicted molar refractivity (Wildman–Crippen MR) is 46.3 cm³/mol. The Labute approximate surface area is 68.3 Å². The van der Waals surface area contributed by atoms with Crippen LogP contribution in [0.2, 0.25) is 0 Å². The number of hydrogen-bond acceptors (Lipinski definition) is 1. The molecular formula is C8H18N2O. The molecule has 0 heterocycles. The molecule has 0 aromatic rings. The molecule has 0 radical (unpaired) electrons. The lowest BCUT2D eigenvalue weighted by atomic mass is 10.0. The van der Waals surface area contributed by atoms with Gasteiger partial charge in [0.15, 0.2) is 0 Å². The number of nitrogens with one attached hydrogen (secondary N) is 1. The van der Waals surface area contributed by atoms with Gasteiger partial charge in [-0.3, -0.25) is 0 Å². The molecule has 0 aliphatic carbocycles. The highest BCUT2D eigenvalue weighted by atomic mass is 16.2. The maximum absolute atomic E-state index is 10.4. The summed E-state index contributed by atoms with van der Waals surface area (Å²) in [6.07, 6.45) is 2.13. The summed E-state index contributed by atoms with van der Waals surface area (Å²) in [5.41, 5.74) is 4.95. The first-order chi connectivity index (χ1) is 5.02. The van der Waals surface area contributed by atoms with E-state index in [-0.39, 0.29) is 6.04 Å². The molecule has 0 aliphatic rings. The summed E-state index contributed by atoms with van der Waals surface area (Å²) in [5.74, 6) is 0.687. The zero-order chi connectivity index (χ0) is 8.85. The summed E-state index contributed by atoms with van der Waals surface area (Å²) >= 11 is 0. The van der Waals surface area contributed by atoms with E-state index >= 15 is 0 Å². The Hall–Kier alpha value is -0.730. The topological polar surface area (TPSA) is 55.1 Å². The molecule has 0 fully saturated rings. The highest BCUT2D eigenvalue weighted by molar-refractivity contribution is 5.71. The Morgan fingerprint density at radius 1 is 1.36 bits per heavy atom. The zero-order valence-electron chi connectivity index (χ0n) is 7.55. The molecule has 0 aliphatic heterocycles. The highest BCUT2D eigenvalue weighted by Gasteiger charge is 2.03. The molecule has 0 aromatic heterocycles. The quantitative estimate of drug-likeness (QED) is 0.639. The van der Waals surface area contributed by atoms with Gasteiger partial charge >= 0.3 is 6.03 Å². The smallest absolute Gasteiger partial charge is 0.312 e. The van der Waals surface area contributed by atoms with Crippen LogP contribution in [0.3, 0.4) is 0 Å². The van der Waals surface area contributed by atoms with Gasteiger partial charge in [0, 0.05) is 6.04 Å². The van der Waals surface area contributed by atoms with Gasteiger partial charge in [-0.1, -0.05) is 13.8 Å². The number of carbonyl (C=O) groups excluding carboxylic acids is 1. The Bertz CT molecular complexity index is 123. The Kier molecular flexibility index (Phi) is 4.66. The van der Waals surface area contributed by atoms with Crippen molar-refractivity contribution in [2.24, 2.45) is 11.7 Å². The molecule has 0 saturated heterocycles. The standard InChI is InChI=1S/C8H18N2O/c1-6(2)4-5-7(3)10-8(9)11/h6-7H,4-5H2,1-3H3,(H3,9,10,11). The third kappa shape index (κ3) is 7.16. The summed E-state index contributed by atoms with van der Waals surface area (Å²) in [6, 6.07) is -0.226. The van der Waals surface area contributed by atoms with Crippen molar-refractivity contribution in [1.82, 2.24) is 5.32 Å². The minimum Gasteiger partial charge on any atom is -0.352 e. The molecule has 3 N–H and O–H groups in total. The fourth-order valence-electron chi connectivity index (χ4n) is 0.898. The number of hydrogen-bond donors (Lipinski definition) is 2. The van der Waals surface area contributed by atoms with Crippen molar-refractivity contribution in [3.63, 3.8) is 0 Å². The van der Waals surface area contributed by atoms with Crippen LogP contribution in [0.25, 0.3) is 0 Å². The minimum absolute atomic E-state index is 0.204. The molecule has 0 aromatic carbocycles. The van der Waals surface area contributed by atoms with Gasteiger partial charge in [-0.15, -0.1) is 0 Å². The fraction of sp³-hybridized carbons (Fsp3) is 0.875. The Morgan fingerprint density at radius 3 is 2.27 bits per heavy atom. The van der Waals surface area contributed by atoms with Crippen LogP contribution in [0.4, 0.5) is 4.79 Å². The van der Waals surface area contributed by atoms with Crippen LogP contribution in [0.15, 0.2) is 0 Å². The monoisotopic (exact) mass is 158 g/mol. The van der Waals surface area contributed by atoms with Gasteiger partial charge in [0.25, 0.3) is 0 Å². The van der Waals surface area contributed by atoms with Gasteiger partial charge in [-0.2, -0.15) is 0 Å². The molecule has 66 valence electrons. The molecule has 0 saturated carbocycles. The van der Waals surface area contributed by atoms with Crippen LogP contribution in [0.5, 0.6) is 0 Å². The first-order valence-corrected chi connectivity index (χ1v) is 4.08. The third-order valence-corrected chi connectivity index (χ3v) is 1.57. The Balaban J connectivity index is 3.37. The highest BCUT2D eigenvalue weighted by Crippen LogP contribution is 2.05. The van der Waals surface area contributed by atoms with Gasteiger partial charge in [-0.05, 0) is 25.7 Å². The summed E-state index contributed by atoms with van der Waals surface area (Å²) in [7, 11) is 0. The summed E-state index contributed by atoms with van der Waals surface area (Å²) in [6.45, 7) is 6.29. The van der Waals surface area contributed by atoms with E-state index in [1.807, 2.05) is 6.92 Å². The van der Waals surface area contributed by atoms with Gasteiger partial charge < -0.3 is 11.1 Å². The third-order valence-electron chi connectivity index (χ3n) is 1.57. The Morgan fingerprint density at radius 2 is 1.91 bits per heavy atom. The van der Waals surface area contributed by atoms with Crippen LogP contribution in [0, 0.1) is 5.92 Å². The van der Waals surface area contributed by atoms with Crippen molar-refractivity contribution < 1.29 is 4.79 Å². The van der Waals surface area contributed by atoms with Gasteiger partial charge in [0.05, 0.1) is 0 Å².